The van der Waals surface area contributed by atoms with Crippen molar-refractivity contribution >= 4 is 18.5 Å². The second-order valence-corrected chi connectivity index (χ2v) is 11.3. The van der Waals surface area contributed by atoms with Crippen LogP contribution in [0, 0.1) is 0 Å². The van der Waals surface area contributed by atoms with Crippen LogP contribution in [-0.2, 0) is 4.74 Å². The molecule has 1 N–H and O–H groups in total. The summed E-state index contributed by atoms with van der Waals surface area (Å²) in [4.78, 5) is 19.3. The van der Waals surface area contributed by atoms with E-state index in [1.807, 2.05) is 25.7 Å². The zero-order valence-corrected chi connectivity index (χ0v) is 22.4. The predicted octanol–water partition coefficient (Wildman–Crippen LogP) is 4.51. The van der Waals surface area contributed by atoms with Gasteiger partial charge in [0.1, 0.15) is 5.60 Å². The molecular weight excluding hydrogens is 424 g/mol. The molecule has 0 aromatic rings. The van der Waals surface area contributed by atoms with Gasteiger partial charge in [-0.15, -0.1) is 12.4 Å². The molecule has 4 bridgehead atoms. The van der Waals surface area contributed by atoms with Gasteiger partial charge in [-0.25, -0.2) is 4.79 Å². The number of carbonyl (C=O) groups is 1. The predicted molar refractivity (Wildman–Crippen MR) is 135 cm³/mol. The van der Waals surface area contributed by atoms with E-state index in [0.717, 1.165) is 50.4 Å². The molecule has 0 saturated carbocycles. The quantitative estimate of drug-likeness (QED) is 0.652. The maximum absolute atomic E-state index is 12.3. The topological polar surface area (TPSA) is 48.0 Å². The van der Waals surface area contributed by atoms with Gasteiger partial charge in [0.15, 0.2) is 0 Å². The Morgan fingerprint density at radius 1 is 0.875 bits per heavy atom. The molecule has 32 heavy (non-hydrogen) atoms. The van der Waals surface area contributed by atoms with Crippen LogP contribution in [0.25, 0.3) is 0 Å². The molecule has 0 aliphatic carbocycles. The molecule has 0 radical (unpaired) electrons. The summed E-state index contributed by atoms with van der Waals surface area (Å²) in [5.41, 5.74) is -0.395. The van der Waals surface area contributed by atoms with E-state index in [1.54, 1.807) is 0 Å². The van der Waals surface area contributed by atoms with Crippen molar-refractivity contribution in [2.45, 2.75) is 128 Å². The minimum absolute atomic E-state index is 0. The molecule has 4 atom stereocenters. The summed E-state index contributed by atoms with van der Waals surface area (Å²) in [5.74, 6) is 0. The number of fused-ring (bicyclic) bond motifs is 4. The maximum Gasteiger partial charge on any atom is 0.410 e. The van der Waals surface area contributed by atoms with Crippen LogP contribution in [0.5, 0.6) is 0 Å². The molecule has 4 rings (SSSR count). The fraction of sp³-hybridized carbons (Fsp3) is 0.960. The number of amides is 1. The largest absolute Gasteiger partial charge is 0.444 e. The molecule has 4 aliphatic heterocycles. The Bertz CT molecular complexity index is 573. The SMILES string of the molecule is CCN(C)C1CC2CCC(C1)N2.CCN(C)C1CC2CCC(C1)N2C(=O)OC(C)(C)C.Cl. The van der Waals surface area contributed by atoms with Gasteiger partial charge in [0, 0.05) is 36.3 Å². The smallest absolute Gasteiger partial charge is 0.410 e. The van der Waals surface area contributed by atoms with Crippen LogP contribution in [0.2, 0.25) is 0 Å². The van der Waals surface area contributed by atoms with Crippen LogP contribution in [0.1, 0.15) is 86.0 Å². The summed E-state index contributed by atoms with van der Waals surface area (Å²) in [6, 6.07) is 3.92. The molecule has 0 aromatic carbocycles. The summed E-state index contributed by atoms with van der Waals surface area (Å²) in [5, 5.41) is 3.67. The van der Waals surface area contributed by atoms with Crippen LogP contribution >= 0.6 is 12.4 Å². The van der Waals surface area contributed by atoms with Crippen LogP contribution in [0.3, 0.4) is 0 Å². The molecule has 6 nitrogen and oxygen atoms in total. The first-order valence-electron chi connectivity index (χ1n) is 12.8. The van der Waals surface area contributed by atoms with E-state index in [2.05, 4.69) is 43.1 Å². The van der Waals surface area contributed by atoms with Crippen molar-refractivity contribution in [2.24, 2.45) is 0 Å². The van der Waals surface area contributed by atoms with Crippen molar-refractivity contribution in [3.8, 4) is 0 Å². The van der Waals surface area contributed by atoms with Crippen molar-refractivity contribution in [3.05, 3.63) is 0 Å². The molecule has 4 fully saturated rings. The number of halogens is 1. The minimum Gasteiger partial charge on any atom is -0.444 e. The van der Waals surface area contributed by atoms with E-state index in [4.69, 9.17) is 4.74 Å². The molecule has 4 heterocycles. The first-order chi connectivity index (χ1) is 14.6. The Balaban J connectivity index is 0.000000241. The zero-order chi connectivity index (χ0) is 22.8. The van der Waals surface area contributed by atoms with Crippen molar-refractivity contribution < 1.29 is 9.53 Å². The number of piperidine rings is 2. The second kappa shape index (κ2) is 11.7. The number of nitrogens with one attached hydrogen (secondary N) is 1. The van der Waals surface area contributed by atoms with Gasteiger partial charge in [-0.2, -0.15) is 0 Å². The highest BCUT2D eigenvalue weighted by Crippen LogP contribution is 2.38. The second-order valence-electron chi connectivity index (χ2n) is 11.3. The van der Waals surface area contributed by atoms with Gasteiger partial charge in [-0.05, 0) is 99.3 Å². The van der Waals surface area contributed by atoms with E-state index in [9.17, 15) is 4.79 Å². The summed E-state index contributed by atoms with van der Waals surface area (Å²) < 4.78 is 5.55. The Hall–Kier alpha value is -0.560. The highest BCUT2D eigenvalue weighted by atomic mass is 35.5. The third-order valence-corrected chi connectivity index (χ3v) is 8.00. The summed E-state index contributed by atoms with van der Waals surface area (Å²) in [6.45, 7) is 12.5. The maximum atomic E-state index is 12.3. The lowest BCUT2D eigenvalue weighted by atomic mass is 9.96. The van der Waals surface area contributed by atoms with Crippen LogP contribution < -0.4 is 5.32 Å². The average Bonchev–Trinajstić information content (AvgIpc) is 3.20. The van der Waals surface area contributed by atoms with Crippen LogP contribution in [0.15, 0.2) is 0 Å². The van der Waals surface area contributed by atoms with Crippen molar-refractivity contribution in [1.29, 1.82) is 0 Å². The van der Waals surface area contributed by atoms with E-state index in [1.165, 1.54) is 32.2 Å². The third-order valence-electron chi connectivity index (χ3n) is 8.00. The Kier molecular flexibility index (Phi) is 10.1. The van der Waals surface area contributed by atoms with Crippen LogP contribution in [0.4, 0.5) is 4.79 Å². The fourth-order valence-corrected chi connectivity index (χ4v) is 6.02. The number of carbonyl (C=O) groups excluding carboxylic acids is 1. The van der Waals surface area contributed by atoms with E-state index < -0.39 is 5.60 Å². The first-order valence-corrected chi connectivity index (χ1v) is 12.8. The van der Waals surface area contributed by atoms with Gasteiger partial charge in [-0.1, -0.05) is 13.8 Å². The number of nitrogens with zero attached hydrogens (tertiary/aromatic N) is 3. The first kappa shape index (κ1) is 27.7. The highest BCUT2D eigenvalue weighted by molar-refractivity contribution is 5.85. The lowest BCUT2D eigenvalue weighted by Crippen LogP contribution is -2.52. The molecule has 4 saturated heterocycles. The number of hydrogen-bond acceptors (Lipinski definition) is 5. The summed E-state index contributed by atoms with van der Waals surface area (Å²) >= 11 is 0. The standard InChI is InChI=1S/C15H28N2O2.C10H20N2.ClH/c1-6-16(5)13-9-11-7-8-12(10-13)17(11)14(18)19-15(2,3)4;1-3-12(2)10-6-8-4-5-9(7-10)11-8;/h11-13H,6-10H2,1-5H3;8-11H,3-7H2,1-2H3;1H. The van der Waals surface area contributed by atoms with Gasteiger partial charge >= 0.3 is 6.09 Å². The zero-order valence-electron chi connectivity index (χ0n) is 21.6. The average molecular weight is 473 g/mol. The van der Waals surface area contributed by atoms with Crippen molar-refractivity contribution in [3.63, 3.8) is 0 Å². The summed E-state index contributed by atoms with van der Waals surface area (Å²) in [7, 11) is 4.45. The molecule has 0 spiro atoms. The molecule has 4 aliphatic rings. The van der Waals surface area contributed by atoms with E-state index in [0.29, 0.717) is 18.1 Å². The monoisotopic (exact) mass is 472 g/mol. The normalized spacial score (nSPS) is 33.6. The Labute approximate surface area is 203 Å². The third kappa shape index (κ3) is 6.97. The molecular formula is C25H49ClN4O2. The van der Waals surface area contributed by atoms with Gasteiger partial charge in [0.25, 0.3) is 0 Å². The minimum atomic E-state index is -0.395. The molecule has 0 aromatic heterocycles. The van der Waals surface area contributed by atoms with Crippen LogP contribution in [-0.4, -0.2) is 89.8 Å². The molecule has 1 amide bonds. The highest BCUT2D eigenvalue weighted by Gasteiger charge is 2.45. The lowest BCUT2D eigenvalue weighted by Gasteiger charge is -2.42. The number of rotatable bonds is 4. The lowest BCUT2D eigenvalue weighted by molar-refractivity contribution is -0.00181. The van der Waals surface area contributed by atoms with Gasteiger partial charge in [-0.3, -0.25) is 0 Å². The Morgan fingerprint density at radius 3 is 1.72 bits per heavy atom. The fourth-order valence-electron chi connectivity index (χ4n) is 6.02. The summed E-state index contributed by atoms with van der Waals surface area (Å²) in [6.07, 6.45) is 9.94. The molecule has 4 unspecified atom stereocenters. The van der Waals surface area contributed by atoms with Crippen molar-refractivity contribution in [2.75, 3.05) is 27.2 Å². The van der Waals surface area contributed by atoms with Crippen molar-refractivity contribution in [1.82, 2.24) is 20.0 Å². The Morgan fingerprint density at radius 2 is 1.31 bits per heavy atom. The van der Waals surface area contributed by atoms with Gasteiger partial charge < -0.3 is 24.8 Å². The van der Waals surface area contributed by atoms with Gasteiger partial charge in [0.2, 0.25) is 0 Å². The van der Waals surface area contributed by atoms with Gasteiger partial charge in [0.05, 0.1) is 0 Å². The van der Waals surface area contributed by atoms with E-state index in [-0.39, 0.29) is 18.5 Å². The number of ether oxygens (including phenoxy) is 1. The molecule has 7 heteroatoms. The number of hydrogen-bond donors (Lipinski definition) is 1. The molecule has 188 valence electrons. The van der Waals surface area contributed by atoms with E-state index >= 15 is 0 Å².